The quantitative estimate of drug-likeness (QED) is 0.155. The number of carbonyl (C=O) groups excluding carboxylic acids is 6. The zero-order valence-electron chi connectivity index (χ0n) is 27.0. The SMILES string of the molecule is CCN(CCS(C)(=O)=O)C(=O)OCc1ccc(NC(=O)[C@H](C)NC(=O)[C@@H](NC(=O)CCCCCN2C(=O)C=CC2=O)C(C)C)cc1. The van der Waals surface area contributed by atoms with Crippen molar-refractivity contribution in [3.8, 4) is 0 Å². The van der Waals surface area contributed by atoms with Crippen LogP contribution in [-0.4, -0.2) is 97.6 Å². The molecule has 0 spiro atoms. The van der Waals surface area contributed by atoms with E-state index >= 15 is 0 Å². The number of unbranched alkanes of at least 4 members (excludes halogenated alkanes) is 2. The van der Waals surface area contributed by atoms with Gasteiger partial charge in [0.2, 0.25) is 17.7 Å². The number of hydrogen-bond acceptors (Lipinski definition) is 9. The molecule has 0 aromatic heterocycles. The molecule has 46 heavy (non-hydrogen) atoms. The lowest BCUT2D eigenvalue weighted by Gasteiger charge is -2.24. The fraction of sp³-hybridized carbons (Fsp3) is 0.548. The van der Waals surface area contributed by atoms with Gasteiger partial charge in [-0.05, 0) is 50.3 Å². The summed E-state index contributed by atoms with van der Waals surface area (Å²) in [5.41, 5.74) is 1.10. The predicted molar refractivity (Wildman–Crippen MR) is 171 cm³/mol. The zero-order chi connectivity index (χ0) is 34.4. The second-order valence-electron chi connectivity index (χ2n) is 11.4. The Bertz CT molecular complexity index is 1380. The van der Waals surface area contributed by atoms with Crippen molar-refractivity contribution in [2.45, 2.75) is 72.1 Å². The molecule has 0 radical (unpaired) electrons. The Balaban J connectivity index is 1.77. The summed E-state index contributed by atoms with van der Waals surface area (Å²) in [4.78, 5) is 76.2. The van der Waals surface area contributed by atoms with Gasteiger partial charge in [0.15, 0.2) is 0 Å². The molecule has 0 fully saturated rings. The van der Waals surface area contributed by atoms with Crippen molar-refractivity contribution in [2.75, 3.05) is 37.0 Å². The molecule has 1 aromatic carbocycles. The summed E-state index contributed by atoms with van der Waals surface area (Å²) in [6.45, 7) is 7.38. The van der Waals surface area contributed by atoms with E-state index in [4.69, 9.17) is 4.74 Å². The van der Waals surface area contributed by atoms with Crippen molar-refractivity contribution in [3.05, 3.63) is 42.0 Å². The van der Waals surface area contributed by atoms with Crippen molar-refractivity contribution in [3.63, 3.8) is 0 Å². The van der Waals surface area contributed by atoms with Crippen LogP contribution in [0.25, 0.3) is 0 Å². The molecule has 1 heterocycles. The minimum absolute atomic E-state index is 0.0330. The monoisotopic (exact) mass is 663 g/mol. The summed E-state index contributed by atoms with van der Waals surface area (Å²) in [6.07, 6.45) is 4.80. The second kappa shape index (κ2) is 18.0. The molecule has 254 valence electrons. The Kier molecular flexibility index (Phi) is 14.9. The van der Waals surface area contributed by atoms with Gasteiger partial charge in [0.05, 0.1) is 5.75 Å². The molecule has 0 saturated carbocycles. The fourth-order valence-corrected chi connectivity index (χ4v) is 4.91. The maximum Gasteiger partial charge on any atom is 0.410 e. The number of nitrogens with one attached hydrogen (secondary N) is 3. The van der Waals surface area contributed by atoms with Crippen molar-refractivity contribution in [2.24, 2.45) is 5.92 Å². The molecular weight excluding hydrogens is 618 g/mol. The van der Waals surface area contributed by atoms with E-state index in [0.717, 1.165) is 11.2 Å². The smallest absolute Gasteiger partial charge is 0.410 e. The van der Waals surface area contributed by atoms with Gasteiger partial charge in [0.25, 0.3) is 11.8 Å². The van der Waals surface area contributed by atoms with Gasteiger partial charge in [-0.2, -0.15) is 0 Å². The van der Waals surface area contributed by atoms with Crippen LogP contribution >= 0.6 is 0 Å². The third-order valence-electron chi connectivity index (χ3n) is 7.16. The maximum absolute atomic E-state index is 12.9. The standard InChI is InChI=1S/C31H45N5O9S/c1-6-35(18-19-46(5,43)44)31(42)45-20-23-11-13-24(14-12-23)33-29(40)22(4)32-30(41)28(21(2)3)34-25(37)10-8-7-9-17-36-26(38)15-16-27(36)39/h11-16,21-22,28H,6-10,17-20H2,1-5H3,(H,32,41)(H,33,40)(H,34,37)/t22-,28-/m0/s1. The minimum atomic E-state index is -3.22. The van der Waals surface area contributed by atoms with Crippen LogP contribution in [0, 0.1) is 5.92 Å². The fourth-order valence-electron chi connectivity index (χ4n) is 4.36. The average molecular weight is 664 g/mol. The van der Waals surface area contributed by atoms with E-state index in [1.54, 1.807) is 45.0 Å². The van der Waals surface area contributed by atoms with Crippen LogP contribution in [0.3, 0.4) is 0 Å². The van der Waals surface area contributed by atoms with Gasteiger partial charge in [-0.15, -0.1) is 0 Å². The highest BCUT2D eigenvalue weighted by Gasteiger charge is 2.27. The number of benzene rings is 1. The van der Waals surface area contributed by atoms with Crippen LogP contribution in [-0.2, 0) is 45.2 Å². The largest absolute Gasteiger partial charge is 0.445 e. The number of anilines is 1. The maximum atomic E-state index is 12.9. The van der Waals surface area contributed by atoms with Crippen molar-refractivity contribution in [1.82, 2.24) is 20.4 Å². The van der Waals surface area contributed by atoms with Crippen LogP contribution in [0.15, 0.2) is 36.4 Å². The molecule has 1 aliphatic heterocycles. The highest BCUT2D eigenvalue weighted by molar-refractivity contribution is 7.90. The first-order chi connectivity index (χ1) is 21.6. The third kappa shape index (κ3) is 13.0. The summed E-state index contributed by atoms with van der Waals surface area (Å²) in [5, 5.41) is 8.08. The van der Waals surface area contributed by atoms with E-state index in [0.29, 0.717) is 37.1 Å². The molecule has 1 aliphatic rings. The van der Waals surface area contributed by atoms with E-state index < -0.39 is 39.8 Å². The molecule has 15 heteroatoms. The third-order valence-corrected chi connectivity index (χ3v) is 8.08. The predicted octanol–water partition coefficient (Wildman–Crippen LogP) is 1.76. The van der Waals surface area contributed by atoms with Gasteiger partial charge in [-0.25, -0.2) is 13.2 Å². The Morgan fingerprint density at radius 3 is 2.11 bits per heavy atom. The van der Waals surface area contributed by atoms with Gasteiger partial charge >= 0.3 is 6.09 Å². The highest BCUT2D eigenvalue weighted by Crippen LogP contribution is 2.13. The highest BCUT2D eigenvalue weighted by atomic mass is 32.2. The molecule has 14 nitrogen and oxygen atoms in total. The number of ether oxygens (including phenoxy) is 1. The normalized spacial score (nSPS) is 14.2. The molecule has 0 bridgehead atoms. The summed E-state index contributed by atoms with van der Waals surface area (Å²) >= 11 is 0. The van der Waals surface area contributed by atoms with E-state index in [9.17, 15) is 37.2 Å². The van der Waals surface area contributed by atoms with Crippen molar-refractivity contribution in [1.29, 1.82) is 0 Å². The summed E-state index contributed by atoms with van der Waals surface area (Å²) in [6, 6.07) is 4.78. The average Bonchev–Trinajstić information content (AvgIpc) is 3.31. The molecular formula is C31H45N5O9S. The van der Waals surface area contributed by atoms with E-state index in [-0.39, 0.29) is 55.5 Å². The molecule has 6 amide bonds. The number of rotatable bonds is 18. The van der Waals surface area contributed by atoms with Gasteiger partial charge in [-0.1, -0.05) is 32.4 Å². The first-order valence-electron chi connectivity index (χ1n) is 15.2. The summed E-state index contributed by atoms with van der Waals surface area (Å²) in [7, 11) is -3.22. The van der Waals surface area contributed by atoms with E-state index in [1.165, 1.54) is 24.0 Å². The van der Waals surface area contributed by atoms with Crippen LogP contribution in [0.1, 0.15) is 58.9 Å². The van der Waals surface area contributed by atoms with Gasteiger partial charge in [0.1, 0.15) is 28.5 Å². The lowest BCUT2D eigenvalue weighted by atomic mass is 10.0. The number of sulfone groups is 1. The minimum Gasteiger partial charge on any atom is -0.445 e. The number of amides is 6. The number of carbonyl (C=O) groups is 6. The van der Waals surface area contributed by atoms with Crippen molar-refractivity contribution >= 4 is 51.2 Å². The zero-order valence-corrected chi connectivity index (χ0v) is 27.9. The first kappa shape index (κ1) is 37.9. The number of hydrogen-bond donors (Lipinski definition) is 3. The lowest BCUT2D eigenvalue weighted by Crippen LogP contribution is -2.53. The molecule has 2 atom stereocenters. The number of imide groups is 1. The summed E-state index contributed by atoms with van der Waals surface area (Å²) < 4.78 is 28.0. The van der Waals surface area contributed by atoms with Gasteiger partial charge < -0.3 is 25.6 Å². The Morgan fingerprint density at radius 1 is 0.913 bits per heavy atom. The molecule has 0 saturated heterocycles. The Hall–Kier alpha value is -4.27. The Morgan fingerprint density at radius 2 is 1.54 bits per heavy atom. The van der Waals surface area contributed by atoms with Crippen LogP contribution < -0.4 is 16.0 Å². The van der Waals surface area contributed by atoms with Gasteiger partial charge in [0, 0.05) is 50.2 Å². The number of nitrogens with zero attached hydrogens (tertiary/aromatic N) is 2. The lowest BCUT2D eigenvalue weighted by molar-refractivity contribution is -0.137. The summed E-state index contributed by atoms with van der Waals surface area (Å²) in [5.74, 6) is -2.38. The molecule has 3 N–H and O–H groups in total. The molecule has 0 unspecified atom stereocenters. The van der Waals surface area contributed by atoms with Gasteiger partial charge in [-0.3, -0.25) is 28.9 Å². The van der Waals surface area contributed by atoms with Crippen LogP contribution in [0.2, 0.25) is 0 Å². The van der Waals surface area contributed by atoms with E-state index in [1.807, 2.05) is 0 Å². The second-order valence-corrected chi connectivity index (χ2v) is 13.7. The molecule has 2 rings (SSSR count). The first-order valence-corrected chi connectivity index (χ1v) is 17.3. The Labute approximate surface area is 270 Å². The van der Waals surface area contributed by atoms with Crippen LogP contribution in [0.4, 0.5) is 10.5 Å². The molecule has 0 aliphatic carbocycles. The topological polar surface area (TPSA) is 188 Å². The molecule has 1 aromatic rings. The van der Waals surface area contributed by atoms with Crippen LogP contribution in [0.5, 0.6) is 0 Å². The van der Waals surface area contributed by atoms with E-state index in [2.05, 4.69) is 16.0 Å². The van der Waals surface area contributed by atoms with Crippen molar-refractivity contribution < 1.29 is 41.9 Å².